The van der Waals surface area contributed by atoms with Gasteiger partial charge in [-0.25, -0.2) is 9.78 Å². The molecular weight excluding hydrogens is 354 g/mol. The highest BCUT2D eigenvalue weighted by molar-refractivity contribution is 6.04. The molecular formula is C17H23N5O5. The Labute approximate surface area is 156 Å². The first-order valence-electron chi connectivity index (χ1n) is 8.97. The summed E-state index contributed by atoms with van der Waals surface area (Å²) < 4.78 is 5.17. The summed E-state index contributed by atoms with van der Waals surface area (Å²) in [5.74, 6) is -0.503. The van der Waals surface area contributed by atoms with Gasteiger partial charge in [-0.15, -0.1) is 0 Å². The quantitative estimate of drug-likeness (QED) is 0.667. The number of nitrogens with zero attached hydrogens (tertiary/aromatic N) is 3. The maximum absolute atomic E-state index is 12.3. The number of aromatic nitrogens is 1. The van der Waals surface area contributed by atoms with Crippen LogP contribution in [0.15, 0.2) is 10.8 Å². The van der Waals surface area contributed by atoms with Crippen LogP contribution >= 0.6 is 0 Å². The minimum atomic E-state index is -0.467. The minimum absolute atomic E-state index is 0.00849. The van der Waals surface area contributed by atoms with Gasteiger partial charge in [0.2, 0.25) is 5.91 Å². The van der Waals surface area contributed by atoms with Crippen LogP contribution in [0, 0.1) is 0 Å². The van der Waals surface area contributed by atoms with E-state index in [1.807, 2.05) is 6.92 Å². The molecule has 0 unspecified atom stereocenters. The molecule has 1 aromatic rings. The number of nitrogens with one attached hydrogen (secondary N) is 2. The zero-order valence-corrected chi connectivity index (χ0v) is 15.4. The van der Waals surface area contributed by atoms with E-state index < -0.39 is 6.03 Å². The van der Waals surface area contributed by atoms with Crippen LogP contribution in [0.4, 0.5) is 4.79 Å². The van der Waals surface area contributed by atoms with E-state index in [2.05, 4.69) is 15.6 Å². The van der Waals surface area contributed by atoms with Crippen molar-refractivity contribution in [2.45, 2.75) is 44.7 Å². The van der Waals surface area contributed by atoms with Gasteiger partial charge in [0.05, 0.1) is 0 Å². The third kappa shape index (κ3) is 4.09. The predicted octanol–water partition coefficient (Wildman–Crippen LogP) is -0.102. The lowest BCUT2D eigenvalue weighted by Crippen LogP contribution is -2.44. The molecule has 2 fully saturated rings. The monoisotopic (exact) mass is 377 g/mol. The number of oxazole rings is 1. The number of urea groups is 1. The van der Waals surface area contributed by atoms with E-state index in [0.29, 0.717) is 30.7 Å². The lowest BCUT2D eigenvalue weighted by atomic mass is 10.2. The fourth-order valence-corrected chi connectivity index (χ4v) is 3.45. The van der Waals surface area contributed by atoms with Crippen LogP contribution < -0.4 is 10.6 Å². The highest BCUT2D eigenvalue weighted by atomic mass is 16.3. The Bertz CT molecular complexity index is 761. The highest BCUT2D eigenvalue weighted by Crippen LogP contribution is 2.20. The summed E-state index contributed by atoms with van der Waals surface area (Å²) in [6.07, 6.45) is 3.84. The van der Waals surface area contributed by atoms with Crippen LogP contribution in [0.25, 0.3) is 0 Å². The lowest BCUT2D eigenvalue weighted by molar-refractivity contribution is -0.131. The van der Waals surface area contributed by atoms with Crippen molar-refractivity contribution >= 4 is 23.8 Å². The summed E-state index contributed by atoms with van der Waals surface area (Å²) in [6, 6.07) is -0.660. The van der Waals surface area contributed by atoms with Gasteiger partial charge in [-0.2, -0.15) is 0 Å². The number of carbonyl (C=O) groups is 4. The summed E-state index contributed by atoms with van der Waals surface area (Å²) in [7, 11) is 1.52. The topological polar surface area (TPSA) is 125 Å². The van der Waals surface area contributed by atoms with E-state index in [4.69, 9.17) is 4.42 Å². The molecule has 1 aromatic heterocycles. The van der Waals surface area contributed by atoms with E-state index in [0.717, 1.165) is 11.3 Å². The molecule has 5 amide bonds. The van der Waals surface area contributed by atoms with Crippen molar-refractivity contribution < 1.29 is 23.6 Å². The van der Waals surface area contributed by atoms with E-state index in [9.17, 15) is 19.2 Å². The molecule has 0 spiro atoms. The van der Waals surface area contributed by atoms with E-state index in [1.165, 1.54) is 18.3 Å². The van der Waals surface area contributed by atoms with Gasteiger partial charge in [-0.1, -0.05) is 6.92 Å². The molecule has 0 radical (unpaired) electrons. The highest BCUT2D eigenvalue weighted by Gasteiger charge is 2.35. The van der Waals surface area contributed by atoms with Gasteiger partial charge in [0.15, 0.2) is 12.1 Å². The molecule has 2 aliphatic rings. The Balaban J connectivity index is 1.47. The average Bonchev–Trinajstić information content (AvgIpc) is 3.32. The van der Waals surface area contributed by atoms with Crippen molar-refractivity contribution in [1.29, 1.82) is 0 Å². The Morgan fingerprint density at radius 2 is 1.96 bits per heavy atom. The lowest BCUT2D eigenvalue weighted by Gasteiger charge is -2.17. The van der Waals surface area contributed by atoms with Gasteiger partial charge in [0.25, 0.3) is 11.8 Å². The first-order valence-corrected chi connectivity index (χ1v) is 8.97. The maximum atomic E-state index is 12.3. The molecule has 0 aromatic carbocycles. The third-order valence-electron chi connectivity index (χ3n) is 4.84. The van der Waals surface area contributed by atoms with Crippen molar-refractivity contribution in [2.75, 3.05) is 20.1 Å². The molecule has 2 atom stereocenters. The number of rotatable bonds is 6. The Morgan fingerprint density at radius 3 is 2.59 bits per heavy atom. The number of aryl methyl sites for hydroxylation is 1. The summed E-state index contributed by atoms with van der Waals surface area (Å²) in [5.41, 5.74) is 0.292. The number of hydrogen-bond donors (Lipinski definition) is 2. The summed E-state index contributed by atoms with van der Waals surface area (Å²) in [6.45, 7) is 1.59. The van der Waals surface area contributed by atoms with Crippen LogP contribution in [0.3, 0.4) is 0 Å². The normalized spacial score (nSPS) is 22.4. The Kier molecular flexibility index (Phi) is 5.43. The van der Waals surface area contributed by atoms with Crippen molar-refractivity contribution in [3.8, 4) is 0 Å². The van der Waals surface area contributed by atoms with Crippen molar-refractivity contribution in [3.05, 3.63) is 17.8 Å². The van der Waals surface area contributed by atoms with E-state index >= 15 is 0 Å². The second-order valence-electron chi connectivity index (χ2n) is 6.84. The molecule has 1 aliphatic carbocycles. The second kappa shape index (κ2) is 7.77. The number of imide groups is 1. The standard InChI is InChI=1S/C17H23N5O5/c1-3-12-15(18-9-27-12)16(25)20-11-5-4-10(6-11)19-13(23)7-22-14(24)8-21(2)17(22)26/h9-11H,3-8H2,1-2H3,(H,19,23)(H,20,25)/t10-,11+/m1/s1. The minimum Gasteiger partial charge on any atom is -0.448 e. The third-order valence-corrected chi connectivity index (χ3v) is 4.84. The number of carbonyl (C=O) groups excluding carboxylic acids is 4. The molecule has 10 heteroatoms. The molecule has 1 saturated carbocycles. The van der Waals surface area contributed by atoms with Gasteiger partial charge in [-0.3, -0.25) is 19.3 Å². The van der Waals surface area contributed by atoms with E-state index in [1.54, 1.807) is 0 Å². The Hall–Kier alpha value is -2.91. The van der Waals surface area contributed by atoms with Crippen molar-refractivity contribution in [1.82, 2.24) is 25.4 Å². The molecule has 10 nitrogen and oxygen atoms in total. The first-order chi connectivity index (χ1) is 12.9. The zero-order valence-electron chi connectivity index (χ0n) is 15.4. The smallest absolute Gasteiger partial charge is 0.327 e. The number of amides is 5. The van der Waals surface area contributed by atoms with Gasteiger partial charge in [0.1, 0.15) is 18.8 Å². The Morgan fingerprint density at radius 1 is 1.26 bits per heavy atom. The fraction of sp³-hybridized carbons (Fsp3) is 0.588. The van der Waals surface area contributed by atoms with Crippen LogP contribution in [0.5, 0.6) is 0 Å². The van der Waals surface area contributed by atoms with Crippen molar-refractivity contribution in [2.24, 2.45) is 0 Å². The average molecular weight is 377 g/mol. The molecule has 3 rings (SSSR count). The molecule has 0 bridgehead atoms. The molecule has 1 aliphatic heterocycles. The largest absolute Gasteiger partial charge is 0.448 e. The first kappa shape index (κ1) is 18.9. The summed E-state index contributed by atoms with van der Waals surface area (Å²) in [4.78, 5) is 54.2. The van der Waals surface area contributed by atoms with Crippen LogP contribution in [0.2, 0.25) is 0 Å². The SMILES string of the molecule is CCc1ocnc1C(=O)N[C@H]1CC[C@@H](NC(=O)CN2C(=O)CN(C)C2=O)C1. The molecule has 1 saturated heterocycles. The van der Waals surface area contributed by atoms with Crippen molar-refractivity contribution in [3.63, 3.8) is 0 Å². The molecule has 2 heterocycles. The summed E-state index contributed by atoms with van der Waals surface area (Å²) in [5, 5.41) is 5.75. The van der Waals surface area contributed by atoms with Crippen LogP contribution in [-0.4, -0.2) is 70.8 Å². The number of hydrogen-bond acceptors (Lipinski definition) is 6. The van der Waals surface area contributed by atoms with Gasteiger partial charge >= 0.3 is 6.03 Å². The maximum Gasteiger partial charge on any atom is 0.327 e. The van der Waals surface area contributed by atoms with Gasteiger partial charge in [-0.05, 0) is 19.3 Å². The molecule has 2 N–H and O–H groups in total. The number of likely N-dealkylation sites (N-methyl/N-ethyl adjacent to an activating group) is 1. The molecule has 146 valence electrons. The fourth-order valence-electron chi connectivity index (χ4n) is 3.45. The van der Waals surface area contributed by atoms with E-state index in [-0.39, 0.29) is 42.9 Å². The zero-order chi connectivity index (χ0) is 19.6. The predicted molar refractivity (Wildman–Crippen MR) is 92.7 cm³/mol. The molecule has 27 heavy (non-hydrogen) atoms. The second-order valence-corrected chi connectivity index (χ2v) is 6.84. The summed E-state index contributed by atoms with van der Waals surface area (Å²) >= 11 is 0. The van der Waals surface area contributed by atoms with Gasteiger partial charge < -0.3 is 20.0 Å². The van der Waals surface area contributed by atoms with Crippen LogP contribution in [0.1, 0.15) is 42.4 Å². The van der Waals surface area contributed by atoms with Gasteiger partial charge in [0, 0.05) is 25.6 Å². The van der Waals surface area contributed by atoms with Crippen LogP contribution in [-0.2, 0) is 16.0 Å².